The summed E-state index contributed by atoms with van der Waals surface area (Å²) in [6.45, 7) is 1.34. The van der Waals surface area contributed by atoms with Crippen LogP contribution in [0.5, 0.6) is 0 Å². The number of ether oxygens (including phenoxy) is 1. The third kappa shape index (κ3) is 3.97. The molecule has 1 heterocycles. The second kappa shape index (κ2) is 7.43. The van der Waals surface area contributed by atoms with Crippen molar-refractivity contribution < 1.29 is 22.7 Å². The Morgan fingerprint density at radius 3 is 2.64 bits per heavy atom. The van der Waals surface area contributed by atoms with Crippen LogP contribution in [0, 0.1) is 11.3 Å². The number of amides is 1. The highest BCUT2D eigenvalue weighted by Gasteiger charge is 2.36. The molecular formula is C19H23N3O5S. The largest absolute Gasteiger partial charge is 0.452 e. The minimum Gasteiger partial charge on any atom is -0.452 e. The van der Waals surface area contributed by atoms with E-state index in [0.29, 0.717) is 24.9 Å². The van der Waals surface area contributed by atoms with Gasteiger partial charge in [0.25, 0.3) is 5.91 Å². The quantitative estimate of drug-likeness (QED) is 0.742. The number of benzene rings is 1. The number of fused-ring (bicyclic) bond motifs is 1. The number of esters is 1. The summed E-state index contributed by atoms with van der Waals surface area (Å²) >= 11 is 0. The van der Waals surface area contributed by atoms with E-state index >= 15 is 0 Å². The fourth-order valence-electron chi connectivity index (χ4n) is 4.00. The summed E-state index contributed by atoms with van der Waals surface area (Å²) in [6.07, 6.45) is 4.61. The van der Waals surface area contributed by atoms with E-state index in [9.17, 15) is 23.3 Å². The smallest absolute Gasteiger partial charge is 0.338 e. The van der Waals surface area contributed by atoms with Crippen molar-refractivity contribution in [2.75, 3.05) is 17.2 Å². The molecule has 3 rings (SSSR count). The highest BCUT2D eigenvalue weighted by molar-refractivity contribution is 7.92. The predicted octanol–water partition coefficient (Wildman–Crippen LogP) is 1.51. The van der Waals surface area contributed by atoms with Crippen LogP contribution in [0.25, 0.3) is 0 Å². The van der Waals surface area contributed by atoms with E-state index in [1.54, 1.807) is 19.1 Å². The fourth-order valence-corrected chi connectivity index (χ4v) is 5.26. The standard InChI is InChI=1S/C19H23N3O5S/c1-13-9-15-10-14(5-6-16(15)22(13)28(2,25)26)18(24)27-11-17(23)21-19(12-20)7-3-4-8-19/h5-6,10,13H,3-4,7-9,11H2,1-2H3,(H,21,23)/t13-/m0/s1. The number of hydrogen-bond donors (Lipinski definition) is 1. The molecule has 1 saturated carbocycles. The molecule has 0 saturated heterocycles. The van der Waals surface area contributed by atoms with Gasteiger partial charge >= 0.3 is 5.97 Å². The van der Waals surface area contributed by atoms with Crippen LogP contribution in [0.3, 0.4) is 0 Å². The number of nitrogens with zero attached hydrogens (tertiary/aromatic N) is 2. The van der Waals surface area contributed by atoms with Gasteiger partial charge in [-0.25, -0.2) is 13.2 Å². The van der Waals surface area contributed by atoms with Crippen LogP contribution in [-0.4, -0.2) is 44.7 Å². The van der Waals surface area contributed by atoms with E-state index in [-0.39, 0.29) is 11.6 Å². The Labute approximate surface area is 164 Å². The monoisotopic (exact) mass is 405 g/mol. The Hall–Kier alpha value is -2.60. The summed E-state index contributed by atoms with van der Waals surface area (Å²) in [5.41, 5.74) is 0.695. The maximum absolute atomic E-state index is 12.3. The van der Waals surface area contributed by atoms with E-state index in [1.807, 2.05) is 0 Å². The predicted molar refractivity (Wildman–Crippen MR) is 102 cm³/mol. The molecule has 0 spiro atoms. The number of nitriles is 1. The summed E-state index contributed by atoms with van der Waals surface area (Å²) in [5.74, 6) is -1.17. The van der Waals surface area contributed by atoms with Gasteiger partial charge in [-0.2, -0.15) is 5.26 Å². The first-order valence-corrected chi connectivity index (χ1v) is 11.0. The second-order valence-corrected chi connectivity index (χ2v) is 9.34. The molecule has 1 fully saturated rings. The van der Waals surface area contributed by atoms with Crippen LogP contribution < -0.4 is 9.62 Å². The van der Waals surface area contributed by atoms with E-state index in [1.165, 1.54) is 10.4 Å². The highest BCUT2D eigenvalue weighted by Crippen LogP contribution is 2.34. The lowest BCUT2D eigenvalue weighted by Crippen LogP contribution is -2.46. The number of hydrogen-bond acceptors (Lipinski definition) is 6. The lowest BCUT2D eigenvalue weighted by Gasteiger charge is -2.22. The molecule has 28 heavy (non-hydrogen) atoms. The average Bonchev–Trinajstić information content (AvgIpc) is 3.22. The van der Waals surface area contributed by atoms with Gasteiger partial charge in [0.2, 0.25) is 10.0 Å². The summed E-state index contributed by atoms with van der Waals surface area (Å²) < 4.78 is 30.3. The Balaban J connectivity index is 1.64. The van der Waals surface area contributed by atoms with E-state index in [0.717, 1.165) is 24.7 Å². The Morgan fingerprint density at radius 1 is 1.36 bits per heavy atom. The van der Waals surface area contributed by atoms with Gasteiger partial charge in [0.15, 0.2) is 6.61 Å². The molecule has 1 atom stereocenters. The summed E-state index contributed by atoms with van der Waals surface area (Å²) in [6, 6.07) is 6.60. The zero-order valence-electron chi connectivity index (χ0n) is 15.9. The second-order valence-electron chi connectivity index (χ2n) is 7.48. The van der Waals surface area contributed by atoms with Crippen molar-refractivity contribution in [3.63, 3.8) is 0 Å². The molecule has 0 bridgehead atoms. The van der Waals surface area contributed by atoms with Gasteiger partial charge in [-0.15, -0.1) is 0 Å². The number of sulfonamides is 1. The topological polar surface area (TPSA) is 117 Å². The van der Waals surface area contributed by atoms with E-state index < -0.39 is 34.0 Å². The van der Waals surface area contributed by atoms with Crippen LogP contribution >= 0.6 is 0 Å². The van der Waals surface area contributed by atoms with Crippen molar-refractivity contribution in [1.29, 1.82) is 5.26 Å². The third-order valence-corrected chi connectivity index (χ3v) is 6.48. The number of nitrogens with one attached hydrogen (secondary N) is 1. The zero-order chi connectivity index (χ0) is 20.5. The van der Waals surface area contributed by atoms with Gasteiger partial charge < -0.3 is 10.1 Å². The number of anilines is 1. The van der Waals surface area contributed by atoms with Gasteiger partial charge in [-0.3, -0.25) is 9.10 Å². The molecule has 1 amide bonds. The zero-order valence-corrected chi connectivity index (χ0v) is 16.7. The Morgan fingerprint density at radius 2 is 2.04 bits per heavy atom. The molecule has 1 N–H and O–H groups in total. The molecule has 0 aromatic heterocycles. The molecular weight excluding hydrogens is 382 g/mol. The molecule has 1 aliphatic heterocycles. The first kappa shape index (κ1) is 20.1. The lowest BCUT2D eigenvalue weighted by molar-refractivity contribution is -0.125. The molecule has 1 aliphatic carbocycles. The summed E-state index contributed by atoms with van der Waals surface area (Å²) in [5, 5.41) is 12.0. The van der Waals surface area contributed by atoms with Crippen molar-refractivity contribution in [2.24, 2.45) is 0 Å². The van der Waals surface area contributed by atoms with Gasteiger partial charge in [0.1, 0.15) is 5.54 Å². The Bertz CT molecular complexity index is 945. The summed E-state index contributed by atoms with van der Waals surface area (Å²) in [7, 11) is -3.40. The third-order valence-electron chi connectivity index (χ3n) is 5.21. The maximum atomic E-state index is 12.3. The van der Waals surface area contributed by atoms with E-state index in [4.69, 9.17) is 4.74 Å². The van der Waals surface area contributed by atoms with Crippen LogP contribution in [-0.2, 0) is 26.0 Å². The van der Waals surface area contributed by atoms with Crippen LogP contribution in [0.2, 0.25) is 0 Å². The molecule has 9 heteroatoms. The van der Waals surface area contributed by atoms with Crippen molar-refractivity contribution in [3.8, 4) is 6.07 Å². The van der Waals surface area contributed by atoms with Gasteiger partial charge in [0, 0.05) is 6.04 Å². The van der Waals surface area contributed by atoms with Gasteiger partial charge in [-0.05, 0) is 62.8 Å². The molecule has 1 aromatic rings. The van der Waals surface area contributed by atoms with Gasteiger partial charge in [-0.1, -0.05) is 0 Å². The lowest BCUT2D eigenvalue weighted by atomic mass is 10.00. The minimum atomic E-state index is -3.40. The Kier molecular flexibility index (Phi) is 5.35. The van der Waals surface area contributed by atoms with Crippen molar-refractivity contribution >= 4 is 27.6 Å². The number of carbonyl (C=O) groups excluding carboxylic acids is 2. The molecule has 8 nitrogen and oxygen atoms in total. The number of carbonyl (C=O) groups is 2. The maximum Gasteiger partial charge on any atom is 0.338 e. The van der Waals surface area contributed by atoms with Crippen molar-refractivity contribution in [3.05, 3.63) is 29.3 Å². The SMILES string of the molecule is C[C@H]1Cc2cc(C(=O)OCC(=O)NC3(C#N)CCCC3)ccc2N1S(C)(=O)=O. The molecule has 0 unspecified atom stereocenters. The number of rotatable bonds is 5. The van der Waals surface area contributed by atoms with Gasteiger partial charge in [0.05, 0.1) is 23.6 Å². The highest BCUT2D eigenvalue weighted by atomic mass is 32.2. The van der Waals surface area contributed by atoms with Crippen LogP contribution in [0.15, 0.2) is 18.2 Å². The molecule has 0 radical (unpaired) electrons. The van der Waals surface area contributed by atoms with E-state index in [2.05, 4.69) is 11.4 Å². The molecule has 150 valence electrons. The first-order chi connectivity index (χ1) is 13.1. The normalized spacial score (nSPS) is 20.3. The molecule has 1 aromatic carbocycles. The van der Waals surface area contributed by atoms with Crippen LogP contribution in [0.1, 0.15) is 48.5 Å². The average molecular weight is 405 g/mol. The summed E-state index contributed by atoms with van der Waals surface area (Å²) in [4.78, 5) is 24.4. The minimum absolute atomic E-state index is 0.226. The fraction of sp³-hybridized carbons (Fsp3) is 0.526. The molecule has 2 aliphatic rings. The van der Waals surface area contributed by atoms with Crippen molar-refractivity contribution in [2.45, 2.75) is 50.6 Å². The van der Waals surface area contributed by atoms with Crippen molar-refractivity contribution in [1.82, 2.24) is 5.32 Å². The van der Waals surface area contributed by atoms with Crippen LogP contribution in [0.4, 0.5) is 5.69 Å². The first-order valence-electron chi connectivity index (χ1n) is 9.17.